The highest BCUT2D eigenvalue weighted by molar-refractivity contribution is 6.31. The lowest BCUT2D eigenvalue weighted by Gasteiger charge is -2.17. The number of hydrogen-bond acceptors (Lipinski definition) is 5. The molecule has 0 saturated carbocycles. The van der Waals surface area contributed by atoms with Crippen molar-refractivity contribution in [3.8, 4) is 17.7 Å². The number of aromatic nitrogens is 1. The zero-order valence-corrected chi connectivity index (χ0v) is 19.7. The first kappa shape index (κ1) is 24.1. The lowest BCUT2D eigenvalue weighted by atomic mass is 10.00. The second-order valence-electron chi connectivity index (χ2n) is 8.20. The van der Waals surface area contributed by atoms with Crippen LogP contribution in [-0.4, -0.2) is 22.1 Å². The summed E-state index contributed by atoms with van der Waals surface area (Å²) in [6.45, 7) is 7.01. The molecule has 1 heterocycles. The Morgan fingerprint density at radius 2 is 1.91 bits per heavy atom. The van der Waals surface area contributed by atoms with Crippen molar-refractivity contribution in [1.29, 1.82) is 5.26 Å². The molecule has 6 nitrogen and oxygen atoms in total. The third-order valence-electron chi connectivity index (χ3n) is 5.52. The predicted molar refractivity (Wildman–Crippen MR) is 127 cm³/mol. The molecule has 7 heteroatoms. The molecule has 0 saturated heterocycles. The minimum atomic E-state index is -0.689. The number of halogens is 1. The number of aryl methyl sites for hydroxylation is 1. The Kier molecular flexibility index (Phi) is 7.25. The van der Waals surface area contributed by atoms with E-state index in [1.807, 2.05) is 45.0 Å². The highest BCUT2D eigenvalue weighted by atomic mass is 35.5. The largest absolute Gasteiger partial charge is 0.494 e. The maximum atomic E-state index is 13.1. The van der Waals surface area contributed by atoms with Crippen LogP contribution in [0.4, 0.5) is 0 Å². The summed E-state index contributed by atoms with van der Waals surface area (Å²) >= 11 is 6.21. The van der Waals surface area contributed by atoms with Gasteiger partial charge in [-0.25, -0.2) is 0 Å². The van der Waals surface area contributed by atoms with E-state index in [4.69, 9.17) is 16.3 Å². The Labute approximate surface area is 197 Å². The first-order valence-corrected chi connectivity index (χ1v) is 10.9. The van der Waals surface area contributed by atoms with Gasteiger partial charge in [-0.15, -0.1) is 0 Å². The van der Waals surface area contributed by atoms with Crippen molar-refractivity contribution in [2.45, 2.75) is 40.2 Å². The highest BCUT2D eigenvalue weighted by Crippen LogP contribution is 2.29. The maximum Gasteiger partial charge on any atom is 0.271 e. The molecule has 0 aliphatic rings. The maximum absolute atomic E-state index is 13.1. The molecule has 1 N–H and O–H groups in total. The Morgan fingerprint density at radius 1 is 1.21 bits per heavy atom. The van der Waals surface area contributed by atoms with Gasteiger partial charge in [0.05, 0.1) is 12.1 Å². The molecular formula is C26H25ClN2O4. The van der Waals surface area contributed by atoms with Crippen LogP contribution in [0, 0.1) is 25.2 Å². The summed E-state index contributed by atoms with van der Waals surface area (Å²) in [5.74, 6) is -0.280. The summed E-state index contributed by atoms with van der Waals surface area (Å²) in [5, 5.41) is 20.9. The highest BCUT2D eigenvalue weighted by Gasteiger charge is 2.25. The quantitative estimate of drug-likeness (QED) is 0.489. The Morgan fingerprint density at radius 3 is 2.55 bits per heavy atom. The van der Waals surface area contributed by atoms with Gasteiger partial charge < -0.3 is 9.84 Å². The van der Waals surface area contributed by atoms with Gasteiger partial charge in [-0.05, 0) is 54.2 Å². The van der Waals surface area contributed by atoms with Gasteiger partial charge in [0.25, 0.3) is 5.56 Å². The van der Waals surface area contributed by atoms with E-state index >= 15 is 0 Å². The van der Waals surface area contributed by atoms with Crippen LogP contribution in [0.2, 0.25) is 5.02 Å². The molecule has 170 valence electrons. The summed E-state index contributed by atoms with van der Waals surface area (Å²) in [7, 11) is 0. The van der Waals surface area contributed by atoms with Gasteiger partial charge in [-0.2, -0.15) is 5.26 Å². The van der Waals surface area contributed by atoms with E-state index in [1.165, 1.54) is 6.92 Å². The molecule has 0 amide bonds. The number of aromatic hydroxyl groups is 1. The number of ketones is 1. The van der Waals surface area contributed by atoms with Crippen LogP contribution in [0.15, 0.2) is 47.3 Å². The number of carbonyl (C=O) groups excluding carboxylic acids is 1. The lowest BCUT2D eigenvalue weighted by Crippen LogP contribution is -2.28. The van der Waals surface area contributed by atoms with E-state index < -0.39 is 17.2 Å². The summed E-state index contributed by atoms with van der Waals surface area (Å²) in [6, 6.07) is 14.5. The van der Waals surface area contributed by atoms with Crippen LogP contribution in [0.3, 0.4) is 0 Å². The molecule has 0 atom stereocenters. The van der Waals surface area contributed by atoms with Gasteiger partial charge in [0.15, 0.2) is 6.61 Å². The Balaban J connectivity index is 2.02. The fourth-order valence-corrected chi connectivity index (χ4v) is 3.88. The number of pyridine rings is 1. The van der Waals surface area contributed by atoms with Gasteiger partial charge >= 0.3 is 0 Å². The van der Waals surface area contributed by atoms with Gasteiger partial charge in [0, 0.05) is 5.02 Å². The summed E-state index contributed by atoms with van der Waals surface area (Å²) in [6.07, 6.45) is 0. The number of Topliss-reactive ketones (excluding diaryl/α,β-unsaturated/α-hetero) is 1. The van der Waals surface area contributed by atoms with Crippen LogP contribution in [0.25, 0.3) is 0 Å². The SMILES string of the molecule is Cc1ccc(C(C)C)c(OCC(=O)c2c(C)c(C#N)c(=O)n(Cc3ccccc3Cl)c2O)c1. The number of nitrogens with zero attached hydrogens (tertiary/aromatic N) is 2. The first-order valence-electron chi connectivity index (χ1n) is 10.5. The Bertz CT molecular complexity index is 1320. The topological polar surface area (TPSA) is 92.3 Å². The van der Waals surface area contributed by atoms with E-state index in [1.54, 1.807) is 24.3 Å². The van der Waals surface area contributed by atoms with Gasteiger partial charge in [-0.1, -0.05) is 55.8 Å². The van der Waals surface area contributed by atoms with Gasteiger partial charge in [0.2, 0.25) is 11.7 Å². The zero-order valence-electron chi connectivity index (χ0n) is 19.0. The number of nitriles is 1. The average molecular weight is 465 g/mol. The smallest absolute Gasteiger partial charge is 0.271 e. The fourth-order valence-electron chi connectivity index (χ4n) is 3.69. The molecular weight excluding hydrogens is 440 g/mol. The molecule has 0 radical (unpaired) electrons. The second kappa shape index (κ2) is 9.93. The standard InChI is InChI=1S/C26H25ClN2O4/c1-15(2)19-10-9-16(3)11-23(19)33-14-22(30)24-17(4)20(12-28)25(31)29(26(24)32)13-18-7-5-6-8-21(18)27/h5-11,15,32H,13-14H2,1-4H3. The Hall–Kier alpha value is -3.56. The van der Waals surface area contributed by atoms with Crippen molar-refractivity contribution in [3.05, 3.63) is 91.2 Å². The molecule has 0 fully saturated rings. The number of ether oxygens (including phenoxy) is 1. The van der Waals surface area contributed by atoms with Crippen molar-refractivity contribution < 1.29 is 14.6 Å². The monoisotopic (exact) mass is 464 g/mol. The summed E-state index contributed by atoms with van der Waals surface area (Å²) in [4.78, 5) is 26.0. The normalized spacial score (nSPS) is 10.8. The van der Waals surface area contributed by atoms with Crippen LogP contribution in [-0.2, 0) is 6.54 Å². The molecule has 33 heavy (non-hydrogen) atoms. The van der Waals surface area contributed by atoms with Gasteiger partial charge in [0.1, 0.15) is 17.4 Å². The molecule has 0 spiro atoms. The molecule has 0 aliphatic heterocycles. The fraction of sp³-hybridized carbons (Fsp3) is 0.269. The molecule has 1 aromatic heterocycles. The van der Waals surface area contributed by atoms with Crippen molar-refractivity contribution in [1.82, 2.24) is 4.57 Å². The minimum Gasteiger partial charge on any atom is -0.494 e. The van der Waals surface area contributed by atoms with E-state index in [0.29, 0.717) is 16.3 Å². The van der Waals surface area contributed by atoms with Crippen LogP contribution in [0.1, 0.15) is 57.9 Å². The molecule has 2 aromatic carbocycles. The first-order chi connectivity index (χ1) is 15.6. The second-order valence-corrected chi connectivity index (χ2v) is 8.61. The van der Waals surface area contributed by atoms with E-state index in [-0.39, 0.29) is 35.8 Å². The van der Waals surface area contributed by atoms with E-state index in [2.05, 4.69) is 0 Å². The number of benzene rings is 2. The lowest BCUT2D eigenvalue weighted by molar-refractivity contribution is 0.0915. The van der Waals surface area contributed by atoms with Crippen molar-refractivity contribution in [2.24, 2.45) is 0 Å². The van der Waals surface area contributed by atoms with Crippen molar-refractivity contribution >= 4 is 17.4 Å². The van der Waals surface area contributed by atoms with Crippen LogP contribution in [0.5, 0.6) is 11.6 Å². The van der Waals surface area contributed by atoms with Crippen molar-refractivity contribution in [3.63, 3.8) is 0 Å². The average Bonchev–Trinajstić information content (AvgIpc) is 2.76. The van der Waals surface area contributed by atoms with Crippen molar-refractivity contribution in [2.75, 3.05) is 6.61 Å². The summed E-state index contributed by atoms with van der Waals surface area (Å²) < 4.78 is 6.83. The molecule has 3 aromatic rings. The molecule has 0 unspecified atom stereocenters. The molecule has 0 aliphatic carbocycles. The number of hydrogen-bond donors (Lipinski definition) is 1. The number of rotatable bonds is 7. The minimum absolute atomic E-state index is 0.0875. The van der Waals surface area contributed by atoms with Crippen LogP contribution < -0.4 is 10.3 Å². The zero-order chi connectivity index (χ0) is 24.3. The molecule has 0 bridgehead atoms. The van der Waals surface area contributed by atoms with Gasteiger partial charge in [-0.3, -0.25) is 14.2 Å². The summed E-state index contributed by atoms with van der Waals surface area (Å²) in [5.41, 5.74) is 1.62. The van der Waals surface area contributed by atoms with E-state index in [9.17, 15) is 20.0 Å². The third kappa shape index (κ3) is 4.94. The van der Waals surface area contributed by atoms with E-state index in [0.717, 1.165) is 15.7 Å². The predicted octanol–water partition coefficient (Wildman–Crippen LogP) is 5.13. The third-order valence-corrected chi connectivity index (χ3v) is 5.88. The van der Waals surface area contributed by atoms with Crippen LogP contribution >= 0.6 is 11.6 Å². The number of carbonyl (C=O) groups is 1. The molecule has 3 rings (SSSR count).